The molecule has 1 aromatic heterocycles. The van der Waals surface area contributed by atoms with Crippen molar-refractivity contribution in [3.05, 3.63) is 64.5 Å². The third-order valence-electron chi connectivity index (χ3n) is 4.24. The van der Waals surface area contributed by atoms with Gasteiger partial charge in [0.25, 0.3) is 5.91 Å². The number of rotatable bonds is 3. The molecule has 1 aromatic carbocycles. The van der Waals surface area contributed by atoms with Gasteiger partial charge in [-0.15, -0.1) is 0 Å². The fourth-order valence-corrected chi connectivity index (χ4v) is 3.12. The molecule has 0 aliphatic carbocycles. The van der Waals surface area contributed by atoms with Gasteiger partial charge in [0.1, 0.15) is 0 Å². The van der Waals surface area contributed by atoms with Crippen LogP contribution in [0.25, 0.3) is 0 Å². The van der Waals surface area contributed by atoms with Crippen molar-refractivity contribution in [3.63, 3.8) is 0 Å². The molecule has 3 rings (SSSR count). The zero-order valence-corrected chi connectivity index (χ0v) is 14.0. The lowest BCUT2D eigenvalue weighted by molar-refractivity contribution is 0.0734. The van der Waals surface area contributed by atoms with Crippen LogP contribution >= 0.6 is 0 Å². The second-order valence-electron chi connectivity index (χ2n) is 6.34. The second-order valence-corrected chi connectivity index (χ2v) is 6.34. The predicted octanol–water partition coefficient (Wildman–Crippen LogP) is 2.21. The molecule has 2 aromatic rings. The van der Waals surface area contributed by atoms with Gasteiger partial charge >= 0.3 is 0 Å². The number of carbonyl (C=O) groups is 1. The van der Waals surface area contributed by atoms with Gasteiger partial charge < -0.3 is 9.80 Å². The summed E-state index contributed by atoms with van der Waals surface area (Å²) >= 11 is 0. The van der Waals surface area contributed by atoms with Crippen LogP contribution in [0.5, 0.6) is 0 Å². The van der Waals surface area contributed by atoms with E-state index in [0.717, 1.165) is 18.5 Å². The van der Waals surface area contributed by atoms with Crippen molar-refractivity contribution in [2.75, 3.05) is 20.6 Å². The molecular weight excluding hydrogens is 300 g/mol. The van der Waals surface area contributed by atoms with Gasteiger partial charge in [-0.25, -0.2) is 0 Å². The van der Waals surface area contributed by atoms with Crippen LogP contribution in [0.15, 0.2) is 36.7 Å². The Hall–Kier alpha value is -2.71. The van der Waals surface area contributed by atoms with E-state index in [9.17, 15) is 4.79 Å². The molecule has 1 aliphatic rings. The van der Waals surface area contributed by atoms with Crippen LogP contribution < -0.4 is 0 Å². The molecule has 2 heterocycles. The van der Waals surface area contributed by atoms with Crippen LogP contribution in [0.2, 0.25) is 0 Å². The molecule has 5 nitrogen and oxygen atoms in total. The summed E-state index contributed by atoms with van der Waals surface area (Å²) in [5.41, 5.74) is 4.73. The van der Waals surface area contributed by atoms with E-state index in [1.807, 2.05) is 31.4 Å². The SMILES string of the molecule is CN(C)Cc1cncc2c1CCN(C(=O)c1cccc(C#N)c1)C2. The molecule has 0 saturated carbocycles. The van der Waals surface area contributed by atoms with Gasteiger partial charge in [0.15, 0.2) is 0 Å². The third kappa shape index (κ3) is 3.29. The number of carbonyl (C=O) groups excluding carboxylic acids is 1. The number of aromatic nitrogens is 1. The van der Waals surface area contributed by atoms with Crippen LogP contribution in [0.4, 0.5) is 0 Å². The first kappa shape index (κ1) is 16.2. The first-order valence-corrected chi connectivity index (χ1v) is 7.97. The van der Waals surface area contributed by atoms with Gasteiger partial charge in [0.2, 0.25) is 0 Å². The summed E-state index contributed by atoms with van der Waals surface area (Å²) in [6.45, 7) is 2.11. The van der Waals surface area contributed by atoms with Gasteiger partial charge in [0.05, 0.1) is 11.6 Å². The highest BCUT2D eigenvalue weighted by atomic mass is 16.2. The van der Waals surface area contributed by atoms with E-state index in [0.29, 0.717) is 24.2 Å². The van der Waals surface area contributed by atoms with Crippen LogP contribution in [0.1, 0.15) is 32.6 Å². The Labute approximate surface area is 142 Å². The highest BCUT2D eigenvalue weighted by Gasteiger charge is 2.24. The minimum Gasteiger partial charge on any atom is -0.334 e. The highest BCUT2D eigenvalue weighted by molar-refractivity contribution is 5.94. The Kier molecular flexibility index (Phi) is 4.59. The molecule has 24 heavy (non-hydrogen) atoms. The van der Waals surface area contributed by atoms with Crippen LogP contribution in [-0.2, 0) is 19.5 Å². The molecule has 0 saturated heterocycles. The van der Waals surface area contributed by atoms with E-state index in [4.69, 9.17) is 5.26 Å². The molecule has 0 radical (unpaired) electrons. The largest absolute Gasteiger partial charge is 0.334 e. The first-order chi connectivity index (χ1) is 11.6. The average molecular weight is 320 g/mol. The highest BCUT2D eigenvalue weighted by Crippen LogP contribution is 2.23. The Morgan fingerprint density at radius 2 is 2.21 bits per heavy atom. The second kappa shape index (κ2) is 6.81. The maximum Gasteiger partial charge on any atom is 0.254 e. The maximum atomic E-state index is 12.7. The van der Waals surface area contributed by atoms with Crippen molar-refractivity contribution in [1.29, 1.82) is 5.26 Å². The lowest BCUT2D eigenvalue weighted by Crippen LogP contribution is -2.36. The van der Waals surface area contributed by atoms with Crippen molar-refractivity contribution in [3.8, 4) is 6.07 Å². The minimum absolute atomic E-state index is 0.0317. The van der Waals surface area contributed by atoms with Crippen molar-refractivity contribution >= 4 is 5.91 Å². The first-order valence-electron chi connectivity index (χ1n) is 7.97. The van der Waals surface area contributed by atoms with Gasteiger partial charge in [-0.2, -0.15) is 5.26 Å². The minimum atomic E-state index is -0.0317. The fourth-order valence-electron chi connectivity index (χ4n) is 3.12. The van der Waals surface area contributed by atoms with E-state index in [1.54, 1.807) is 24.3 Å². The molecule has 0 N–H and O–H groups in total. The van der Waals surface area contributed by atoms with Crippen molar-refractivity contribution in [1.82, 2.24) is 14.8 Å². The van der Waals surface area contributed by atoms with Gasteiger partial charge in [0, 0.05) is 37.6 Å². The molecule has 0 bridgehead atoms. The number of benzene rings is 1. The fraction of sp³-hybridized carbons (Fsp3) is 0.316. The summed E-state index contributed by atoms with van der Waals surface area (Å²) in [6.07, 6.45) is 4.62. The van der Waals surface area contributed by atoms with E-state index >= 15 is 0 Å². The number of amides is 1. The van der Waals surface area contributed by atoms with E-state index in [1.165, 1.54) is 11.1 Å². The normalized spacial score (nSPS) is 13.5. The quantitative estimate of drug-likeness (QED) is 0.870. The standard InChI is InChI=1S/C19H20N4O/c1-22(2)12-16-10-21-11-17-13-23(7-6-18(16)17)19(24)15-5-3-4-14(8-15)9-20/h3-5,8,10-11H,6-7,12-13H2,1-2H3. The van der Waals surface area contributed by atoms with Crippen molar-refractivity contribution in [2.45, 2.75) is 19.5 Å². The molecule has 1 amide bonds. The summed E-state index contributed by atoms with van der Waals surface area (Å²) in [6, 6.07) is 8.95. The molecule has 0 unspecified atom stereocenters. The maximum absolute atomic E-state index is 12.7. The van der Waals surface area contributed by atoms with Gasteiger partial charge in [-0.1, -0.05) is 6.07 Å². The molecule has 1 aliphatic heterocycles. The Balaban J connectivity index is 1.82. The molecule has 0 fully saturated rings. The van der Waals surface area contributed by atoms with Crippen LogP contribution in [0, 0.1) is 11.3 Å². The topological polar surface area (TPSA) is 60.2 Å². The number of fused-ring (bicyclic) bond motifs is 1. The van der Waals surface area contributed by atoms with Crippen molar-refractivity contribution < 1.29 is 4.79 Å². The number of pyridine rings is 1. The van der Waals surface area contributed by atoms with Gasteiger partial charge in [-0.05, 0) is 55.4 Å². The summed E-state index contributed by atoms with van der Waals surface area (Å²) in [5.74, 6) is -0.0317. The predicted molar refractivity (Wildman–Crippen MR) is 91.2 cm³/mol. The van der Waals surface area contributed by atoms with E-state index in [-0.39, 0.29) is 5.91 Å². The number of hydrogen-bond donors (Lipinski definition) is 0. The van der Waals surface area contributed by atoms with E-state index in [2.05, 4.69) is 16.0 Å². The Bertz CT molecular complexity index is 807. The summed E-state index contributed by atoms with van der Waals surface area (Å²) in [7, 11) is 4.08. The zero-order chi connectivity index (χ0) is 17.1. The van der Waals surface area contributed by atoms with E-state index < -0.39 is 0 Å². The lowest BCUT2D eigenvalue weighted by Gasteiger charge is -2.30. The zero-order valence-electron chi connectivity index (χ0n) is 14.0. The summed E-state index contributed by atoms with van der Waals surface area (Å²) in [5, 5.41) is 9.00. The number of nitrogens with zero attached hydrogens (tertiary/aromatic N) is 4. The van der Waals surface area contributed by atoms with Crippen molar-refractivity contribution in [2.24, 2.45) is 0 Å². The lowest BCUT2D eigenvalue weighted by atomic mass is 9.96. The van der Waals surface area contributed by atoms with Crippen LogP contribution in [0.3, 0.4) is 0 Å². The Morgan fingerprint density at radius 3 is 2.96 bits per heavy atom. The monoisotopic (exact) mass is 320 g/mol. The third-order valence-corrected chi connectivity index (χ3v) is 4.24. The summed E-state index contributed by atoms with van der Waals surface area (Å²) < 4.78 is 0. The average Bonchev–Trinajstić information content (AvgIpc) is 2.60. The summed E-state index contributed by atoms with van der Waals surface area (Å²) in [4.78, 5) is 21.0. The molecule has 0 spiro atoms. The Morgan fingerprint density at radius 1 is 1.38 bits per heavy atom. The van der Waals surface area contributed by atoms with Crippen LogP contribution in [-0.4, -0.2) is 41.3 Å². The number of nitriles is 1. The van der Waals surface area contributed by atoms with Gasteiger partial charge in [-0.3, -0.25) is 9.78 Å². The smallest absolute Gasteiger partial charge is 0.254 e. The molecule has 5 heteroatoms. The molecule has 0 atom stereocenters. The molecular formula is C19H20N4O. The molecule has 122 valence electrons. The number of hydrogen-bond acceptors (Lipinski definition) is 4.